The van der Waals surface area contributed by atoms with Crippen LogP contribution in [0.15, 0.2) is 0 Å². The first-order chi connectivity index (χ1) is 21.0. The molecule has 0 aliphatic carbocycles. The molecule has 0 aromatic carbocycles. The van der Waals surface area contributed by atoms with Crippen molar-refractivity contribution in [2.45, 2.75) is 233 Å². The summed E-state index contributed by atoms with van der Waals surface area (Å²) in [6.45, 7) is 12.7. The molecule has 3 heteroatoms. The highest BCUT2D eigenvalue weighted by Crippen LogP contribution is 2.18. The van der Waals surface area contributed by atoms with E-state index >= 15 is 0 Å². The number of aliphatic hydroxyl groups excluding tert-OH is 2. The highest BCUT2D eigenvalue weighted by atomic mass is 16.3. The van der Waals surface area contributed by atoms with Crippen molar-refractivity contribution >= 4 is 0 Å². The Morgan fingerprint density at radius 1 is 0.326 bits per heavy atom. The summed E-state index contributed by atoms with van der Waals surface area (Å²) in [7, 11) is 0. The summed E-state index contributed by atoms with van der Waals surface area (Å²) in [4.78, 5) is 0. The summed E-state index contributed by atoms with van der Waals surface area (Å²) in [5.41, 5.74) is 0. The molecule has 0 amide bonds. The van der Waals surface area contributed by atoms with Crippen LogP contribution in [-0.2, 0) is 0 Å². The first-order valence-corrected chi connectivity index (χ1v) is 20.2. The minimum absolute atomic E-state index is 0.231. The van der Waals surface area contributed by atoms with Crippen molar-refractivity contribution in [3.8, 4) is 0 Å². The molecule has 0 bridgehead atoms. The molecule has 0 saturated carbocycles. The lowest BCUT2D eigenvalue weighted by atomic mass is 10.0. The summed E-state index contributed by atoms with van der Waals surface area (Å²) in [5.74, 6) is 0. The lowest BCUT2D eigenvalue weighted by Crippen LogP contribution is -2.55. The zero-order valence-corrected chi connectivity index (χ0v) is 30.5. The highest BCUT2D eigenvalue weighted by molar-refractivity contribution is 4.62. The third-order valence-corrected chi connectivity index (χ3v) is 10.3. The molecule has 0 radical (unpaired) electrons. The minimum Gasteiger partial charge on any atom is -0.387 e. The maximum Gasteiger partial charge on any atom is 0.105 e. The number of rotatable bonds is 36. The van der Waals surface area contributed by atoms with Gasteiger partial charge in [0.15, 0.2) is 0 Å². The molecule has 2 atom stereocenters. The summed E-state index contributed by atoms with van der Waals surface area (Å²) in [6.07, 6.45) is 39.9. The molecule has 0 saturated heterocycles. The van der Waals surface area contributed by atoms with E-state index in [1.807, 2.05) is 0 Å². The van der Waals surface area contributed by atoms with Crippen molar-refractivity contribution in [1.29, 1.82) is 0 Å². The third kappa shape index (κ3) is 29.1. The van der Waals surface area contributed by atoms with Gasteiger partial charge in [-0.05, 0) is 26.7 Å². The number of hydrogen-bond donors (Lipinski definition) is 2. The maximum absolute atomic E-state index is 10.9. The highest BCUT2D eigenvalue weighted by Gasteiger charge is 2.29. The fraction of sp³-hybridized carbons (Fsp3) is 1.00. The first-order valence-electron chi connectivity index (χ1n) is 20.2. The van der Waals surface area contributed by atoms with Gasteiger partial charge >= 0.3 is 0 Å². The summed E-state index contributed by atoms with van der Waals surface area (Å²) in [5, 5.41) is 21.7. The second kappa shape index (κ2) is 33.2. The van der Waals surface area contributed by atoms with Crippen LogP contribution in [-0.4, -0.2) is 53.1 Å². The Balaban J connectivity index is 3.77. The topological polar surface area (TPSA) is 40.5 Å². The summed E-state index contributed by atoms with van der Waals surface area (Å²) >= 11 is 0. The van der Waals surface area contributed by atoms with Crippen LogP contribution >= 0.6 is 0 Å². The van der Waals surface area contributed by atoms with Crippen molar-refractivity contribution < 1.29 is 14.7 Å². The Labute approximate surface area is 273 Å². The van der Waals surface area contributed by atoms with Crippen molar-refractivity contribution in [2.75, 3.05) is 26.2 Å². The van der Waals surface area contributed by atoms with Crippen LogP contribution < -0.4 is 0 Å². The fourth-order valence-corrected chi connectivity index (χ4v) is 7.04. The van der Waals surface area contributed by atoms with E-state index in [-0.39, 0.29) is 12.2 Å². The van der Waals surface area contributed by atoms with Crippen LogP contribution in [0, 0.1) is 0 Å². The summed E-state index contributed by atoms with van der Waals surface area (Å²) < 4.78 is 0.861. The van der Waals surface area contributed by atoms with E-state index in [9.17, 15) is 10.2 Å². The van der Waals surface area contributed by atoms with Crippen LogP contribution in [0.5, 0.6) is 0 Å². The molecule has 0 rings (SSSR count). The van der Waals surface area contributed by atoms with E-state index < -0.39 is 0 Å². The molecule has 0 aromatic rings. The van der Waals surface area contributed by atoms with Crippen LogP contribution in [0.3, 0.4) is 0 Å². The normalized spacial score (nSPS) is 13.5. The van der Waals surface area contributed by atoms with Crippen molar-refractivity contribution in [3.63, 3.8) is 0 Å². The zero-order valence-electron chi connectivity index (χ0n) is 30.5. The molecule has 3 nitrogen and oxygen atoms in total. The first kappa shape index (κ1) is 42.9. The lowest BCUT2D eigenvalue weighted by molar-refractivity contribution is -0.930. The van der Waals surface area contributed by atoms with Gasteiger partial charge in [0.2, 0.25) is 0 Å². The van der Waals surface area contributed by atoms with Gasteiger partial charge in [0.05, 0.1) is 13.1 Å². The fourth-order valence-electron chi connectivity index (χ4n) is 7.04. The molecule has 0 aromatic heterocycles. The Bertz CT molecular complexity index is 479. The average molecular weight is 611 g/mol. The van der Waals surface area contributed by atoms with E-state index in [2.05, 4.69) is 27.7 Å². The molecule has 0 aliphatic heterocycles. The number of hydrogen-bond acceptors (Lipinski definition) is 2. The predicted molar refractivity (Wildman–Crippen MR) is 193 cm³/mol. The number of unbranched alkanes of at least 4 members (excludes halogenated alkanes) is 26. The third-order valence-electron chi connectivity index (χ3n) is 10.3. The van der Waals surface area contributed by atoms with Gasteiger partial charge in [-0.25, -0.2) is 0 Å². The Morgan fingerprint density at radius 2 is 0.535 bits per heavy atom. The monoisotopic (exact) mass is 611 g/mol. The maximum atomic E-state index is 10.9. The van der Waals surface area contributed by atoms with Crippen LogP contribution in [0.1, 0.15) is 220 Å². The molecular formula is C40H84NO2+. The molecular weight excluding hydrogens is 526 g/mol. The second-order valence-electron chi connectivity index (χ2n) is 14.4. The second-order valence-corrected chi connectivity index (χ2v) is 14.4. The number of aliphatic hydroxyl groups is 2. The van der Waals surface area contributed by atoms with Gasteiger partial charge in [-0.2, -0.15) is 0 Å². The smallest absolute Gasteiger partial charge is 0.105 e. The van der Waals surface area contributed by atoms with Crippen molar-refractivity contribution in [1.82, 2.24) is 0 Å². The van der Waals surface area contributed by atoms with Gasteiger partial charge in [-0.3, -0.25) is 0 Å². The Hall–Kier alpha value is -0.120. The predicted octanol–water partition coefficient (Wildman–Crippen LogP) is 12.3. The van der Waals surface area contributed by atoms with Gasteiger partial charge in [0.1, 0.15) is 25.3 Å². The van der Waals surface area contributed by atoms with Gasteiger partial charge < -0.3 is 14.7 Å². The molecule has 2 unspecified atom stereocenters. The Morgan fingerprint density at radius 3 is 0.744 bits per heavy atom. The van der Waals surface area contributed by atoms with Gasteiger partial charge in [-0.15, -0.1) is 0 Å². The lowest BCUT2D eigenvalue weighted by Gasteiger charge is -2.40. The molecule has 2 N–H and O–H groups in total. The van der Waals surface area contributed by atoms with Crippen LogP contribution in [0.2, 0.25) is 0 Å². The van der Waals surface area contributed by atoms with E-state index in [0.717, 1.165) is 56.3 Å². The van der Waals surface area contributed by atoms with Crippen molar-refractivity contribution in [2.24, 2.45) is 0 Å². The molecule has 0 heterocycles. The van der Waals surface area contributed by atoms with Crippen LogP contribution in [0.25, 0.3) is 0 Å². The van der Waals surface area contributed by atoms with E-state index in [4.69, 9.17) is 0 Å². The standard InChI is InChI=1S/C40H84NO2/c1-5-9-11-13-15-17-19-21-23-25-27-29-31-33-35-39(42)37-41(7-3,8-4)38-40(43)36-34-32-30-28-26-24-22-20-18-16-14-12-10-6-2/h39-40,42-43H,5-38H2,1-4H3/q+1. The van der Waals surface area contributed by atoms with Gasteiger partial charge in [-0.1, -0.05) is 194 Å². The molecule has 43 heavy (non-hydrogen) atoms. The minimum atomic E-state index is -0.231. The molecule has 0 spiro atoms. The number of nitrogens with zero attached hydrogens (tertiary/aromatic N) is 1. The quantitative estimate of drug-likeness (QED) is 0.0547. The summed E-state index contributed by atoms with van der Waals surface area (Å²) in [6, 6.07) is 0. The van der Waals surface area contributed by atoms with Crippen molar-refractivity contribution in [3.05, 3.63) is 0 Å². The molecule has 0 aliphatic rings. The van der Waals surface area contributed by atoms with E-state index in [1.54, 1.807) is 0 Å². The van der Waals surface area contributed by atoms with Gasteiger partial charge in [0.25, 0.3) is 0 Å². The molecule has 260 valence electrons. The molecule has 0 fully saturated rings. The van der Waals surface area contributed by atoms with E-state index in [1.165, 1.54) is 167 Å². The largest absolute Gasteiger partial charge is 0.387 e. The zero-order chi connectivity index (χ0) is 31.7. The van der Waals surface area contributed by atoms with E-state index in [0.29, 0.717) is 0 Å². The number of quaternary nitrogens is 1. The number of likely N-dealkylation sites (N-methyl/N-ethyl adjacent to an activating group) is 1. The SMILES string of the molecule is CCCCCCCCCCCCCCCCC(O)C[N+](CC)(CC)CC(O)CCCCCCCCCCCCCCCC. The van der Waals surface area contributed by atoms with Gasteiger partial charge in [0, 0.05) is 0 Å². The Kier molecular flexibility index (Phi) is 33.2. The van der Waals surface area contributed by atoms with Crippen LogP contribution in [0.4, 0.5) is 0 Å². The average Bonchev–Trinajstić information content (AvgIpc) is 3.01.